The van der Waals surface area contributed by atoms with Crippen LogP contribution in [0.2, 0.25) is 0 Å². The zero-order chi connectivity index (χ0) is 21.7. The third-order valence-corrected chi connectivity index (χ3v) is 4.04. The van der Waals surface area contributed by atoms with Gasteiger partial charge < -0.3 is 10.6 Å². The molecule has 30 heavy (non-hydrogen) atoms. The number of nitrogens with zero attached hydrogens (tertiary/aromatic N) is 2. The van der Waals surface area contributed by atoms with E-state index in [2.05, 4.69) is 10.6 Å². The van der Waals surface area contributed by atoms with Gasteiger partial charge in [-0.3, -0.25) is 29.1 Å². The van der Waals surface area contributed by atoms with E-state index in [9.17, 15) is 28.9 Å². The maximum Gasteiger partial charge on any atom is 0.285 e. The summed E-state index contributed by atoms with van der Waals surface area (Å²) >= 11 is 0. The molecular formula is C20H15FN4O5. The van der Waals surface area contributed by atoms with Crippen molar-refractivity contribution in [3.05, 3.63) is 98.7 Å². The molecule has 0 bridgehead atoms. The molecule has 2 N–H and O–H groups in total. The van der Waals surface area contributed by atoms with E-state index in [1.54, 1.807) is 12.1 Å². The largest absolute Gasteiger partial charge is 0.324 e. The number of anilines is 2. The van der Waals surface area contributed by atoms with Crippen molar-refractivity contribution in [1.82, 2.24) is 4.57 Å². The highest BCUT2D eigenvalue weighted by atomic mass is 19.1. The monoisotopic (exact) mass is 410 g/mol. The molecule has 3 rings (SSSR count). The third kappa shape index (κ3) is 4.93. The lowest BCUT2D eigenvalue weighted by molar-refractivity contribution is -0.385. The fourth-order valence-corrected chi connectivity index (χ4v) is 2.62. The van der Waals surface area contributed by atoms with Gasteiger partial charge in [0, 0.05) is 17.8 Å². The van der Waals surface area contributed by atoms with Gasteiger partial charge >= 0.3 is 0 Å². The summed E-state index contributed by atoms with van der Waals surface area (Å²) in [6, 6.07) is 13.4. The van der Waals surface area contributed by atoms with Crippen LogP contribution in [-0.4, -0.2) is 21.3 Å². The number of halogens is 1. The van der Waals surface area contributed by atoms with Crippen LogP contribution in [-0.2, 0) is 11.3 Å². The Hall–Kier alpha value is -4.34. The van der Waals surface area contributed by atoms with Crippen molar-refractivity contribution < 1.29 is 18.9 Å². The number of hydrogen-bond acceptors (Lipinski definition) is 5. The van der Waals surface area contributed by atoms with Crippen molar-refractivity contribution in [1.29, 1.82) is 0 Å². The smallest absolute Gasteiger partial charge is 0.285 e. The van der Waals surface area contributed by atoms with Crippen LogP contribution in [0.5, 0.6) is 0 Å². The van der Waals surface area contributed by atoms with Gasteiger partial charge in [-0.1, -0.05) is 12.1 Å². The van der Waals surface area contributed by atoms with Crippen LogP contribution in [0.15, 0.2) is 71.7 Å². The Bertz CT molecular complexity index is 1170. The summed E-state index contributed by atoms with van der Waals surface area (Å²) < 4.78 is 13.9. The minimum Gasteiger partial charge on any atom is -0.324 e. The number of aromatic nitrogens is 1. The van der Waals surface area contributed by atoms with Gasteiger partial charge in [0.15, 0.2) is 0 Å². The van der Waals surface area contributed by atoms with E-state index in [0.717, 1.165) is 22.9 Å². The SMILES string of the molecule is O=C(Cn1cc([N+](=O)[O-])ccc1=O)Nc1ccccc1C(=O)Nc1ccc(F)cc1. The topological polar surface area (TPSA) is 123 Å². The summed E-state index contributed by atoms with van der Waals surface area (Å²) in [4.78, 5) is 46.9. The van der Waals surface area contributed by atoms with Crippen molar-refractivity contribution in [3.63, 3.8) is 0 Å². The first-order chi connectivity index (χ1) is 14.3. The lowest BCUT2D eigenvalue weighted by Crippen LogP contribution is -2.27. The number of carbonyl (C=O) groups is 2. The predicted octanol–water partition coefficient (Wildman–Crippen LogP) is 2.79. The molecule has 0 aliphatic heterocycles. The van der Waals surface area contributed by atoms with Crippen molar-refractivity contribution in [2.75, 3.05) is 10.6 Å². The molecule has 2 aromatic carbocycles. The molecule has 0 saturated heterocycles. The molecule has 2 amide bonds. The molecule has 0 atom stereocenters. The molecule has 0 saturated carbocycles. The summed E-state index contributed by atoms with van der Waals surface area (Å²) in [6.07, 6.45) is 0.967. The Morgan fingerprint density at radius 2 is 1.70 bits per heavy atom. The molecule has 9 nitrogen and oxygen atoms in total. The van der Waals surface area contributed by atoms with E-state index >= 15 is 0 Å². The lowest BCUT2D eigenvalue weighted by Gasteiger charge is -2.12. The number of rotatable bonds is 6. The molecule has 0 spiro atoms. The molecule has 1 aromatic heterocycles. The number of hydrogen-bond donors (Lipinski definition) is 2. The molecule has 0 aliphatic rings. The van der Waals surface area contributed by atoms with E-state index in [-0.39, 0.29) is 16.9 Å². The summed E-state index contributed by atoms with van der Waals surface area (Å²) in [6.45, 7) is -0.478. The fourth-order valence-electron chi connectivity index (χ4n) is 2.62. The van der Waals surface area contributed by atoms with Crippen molar-refractivity contribution in [2.24, 2.45) is 0 Å². The van der Waals surface area contributed by atoms with Crippen LogP contribution in [0.4, 0.5) is 21.5 Å². The van der Waals surface area contributed by atoms with Gasteiger partial charge in [-0.15, -0.1) is 0 Å². The van der Waals surface area contributed by atoms with E-state index < -0.39 is 34.7 Å². The summed E-state index contributed by atoms with van der Waals surface area (Å²) in [5, 5.41) is 16.0. The molecule has 0 aliphatic carbocycles. The quantitative estimate of drug-likeness (QED) is 0.478. The number of pyridine rings is 1. The average Bonchev–Trinajstić information content (AvgIpc) is 2.71. The Balaban J connectivity index is 1.76. The Morgan fingerprint density at radius 3 is 2.40 bits per heavy atom. The number of para-hydroxylation sites is 1. The highest BCUT2D eigenvalue weighted by Gasteiger charge is 2.15. The van der Waals surface area contributed by atoms with Gasteiger partial charge in [-0.25, -0.2) is 4.39 Å². The predicted molar refractivity (Wildman–Crippen MR) is 107 cm³/mol. The lowest BCUT2D eigenvalue weighted by atomic mass is 10.1. The minimum absolute atomic E-state index is 0.140. The molecule has 152 valence electrons. The Labute approximate surface area is 168 Å². The second-order valence-corrected chi connectivity index (χ2v) is 6.17. The number of carbonyl (C=O) groups excluding carboxylic acids is 2. The summed E-state index contributed by atoms with van der Waals surface area (Å²) in [7, 11) is 0. The zero-order valence-electron chi connectivity index (χ0n) is 15.4. The zero-order valence-corrected chi connectivity index (χ0v) is 15.4. The van der Waals surface area contributed by atoms with Crippen molar-refractivity contribution in [3.8, 4) is 0 Å². The van der Waals surface area contributed by atoms with E-state index in [4.69, 9.17) is 0 Å². The number of nitro groups is 1. The number of nitrogens with one attached hydrogen (secondary N) is 2. The van der Waals surface area contributed by atoms with Gasteiger partial charge in [-0.05, 0) is 36.4 Å². The molecule has 0 unspecified atom stereocenters. The summed E-state index contributed by atoms with van der Waals surface area (Å²) in [5.74, 6) is -1.64. The van der Waals surface area contributed by atoms with E-state index in [1.165, 1.54) is 36.4 Å². The first kappa shape index (κ1) is 20.4. The maximum atomic E-state index is 13.0. The number of amides is 2. The first-order valence-electron chi connectivity index (χ1n) is 8.64. The molecule has 1 heterocycles. The van der Waals surface area contributed by atoms with Gasteiger partial charge in [0.1, 0.15) is 12.4 Å². The van der Waals surface area contributed by atoms with Crippen LogP contribution in [0, 0.1) is 15.9 Å². The minimum atomic E-state index is -0.678. The first-order valence-corrected chi connectivity index (χ1v) is 8.64. The van der Waals surface area contributed by atoms with E-state index in [0.29, 0.717) is 5.69 Å². The average molecular weight is 410 g/mol. The van der Waals surface area contributed by atoms with Crippen LogP contribution < -0.4 is 16.2 Å². The Morgan fingerprint density at radius 1 is 1.00 bits per heavy atom. The van der Waals surface area contributed by atoms with Crippen LogP contribution in [0.1, 0.15) is 10.4 Å². The second-order valence-electron chi connectivity index (χ2n) is 6.17. The fraction of sp³-hybridized carbons (Fsp3) is 0.0500. The second kappa shape index (κ2) is 8.78. The summed E-state index contributed by atoms with van der Waals surface area (Å²) in [5.41, 5.74) is -0.229. The molecule has 3 aromatic rings. The van der Waals surface area contributed by atoms with Gasteiger partial charge in [0.2, 0.25) is 5.91 Å². The van der Waals surface area contributed by atoms with Gasteiger partial charge in [0.05, 0.1) is 22.4 Å². The van der Waals surface area contributed by atoms with Crippen molar-refractivity contribution >= 4 is 28.9 Å². The highest BCUT2D eigenvalue weighted by molar-refractivity contribution is 6.10. The standard InChI is InChI=1S/C20H15FN4O5/c21-13-5-7-14(8-6-13)22-20(28)16-3-1-2-4-17(16)23-18(26)12-24-11-15(25(29)30)9-10-19(24)27/h1-11H,12H2,(H,22,28)(H,23,26). The van der Waals surface area contributed by atoms with E-state index in [1.807, 2.05) is 0 Å². The van der Waals surface area contributed by atoms with Crippen LogP contribution in [0.3, 0.4) is 0 Å². The van der Waals surface area contributed by atoms with Crippen LogP contribution in [0.25, 0.3) is 0 Å². The third-order valence-electron chi connectivity index (χ3n) is 4.04. The normalized spacial score (nSPS) is 10.3. The molecule has 0 radical (unpaired) electrons. The maximum absolute atomic E-state index is 13.0. The molecule has 10 heteroatoms. The van der Waals surface area contributed by atoms with Crippen LogP contribution >= 0.6 is 0 Å². The van der Waals surface area contributed by atoms with Crippen molar-refractivity contribution in [2.45, 2.75) is 6.54 Å². The number of benzene rings is 2. The molecular weight excluding hydrogens is 395 g/mol. The molecule has 0 fully saturated rings. The van der Waals surface area contributed by atoms with Gasteiger partial charge in [-0.2, -0.15) is 0 Å². The highest BCUT2D eigenvalue weighted by Crippen LogP contribution is 2.18. The van der Waals surface area contributed by atoms with Gasteiger partial charge in [0.25, 0.3) is 17.2 Å². The Kier molecular flexibility index (Phi) is 5.97.